The molecular formula is C9H14N2O. The monoisotopic (exact) mass is 166 g/mol. The number of hydrogen-bond acceptors (Lipinski definition) is 3. The number of nitrogens with zero attached hydrogens (tertiary/aromatic N) is 1. The molecule has 0 saturated carbocycles. The first kappa shape index (κ1) is 9.16. The van der Waals surface area contributed by atoms with Crippen LogP contribution in [0.25, 0.3) is 0 Å². The molecule has 0 saturated heterocycles. The number of methoxy groups -OCH3 is 1. The van der Waals surface area contributed by atoms with E-state index >= 15 is 0 Å². The highest BCUT2D eigenvalue weighted by Crippen LogP contribution is 2.09. The lowest BCUT2D eigenvalue weighted by molar-refractivity contribution is 0.187. The van der Waals surface area contributed by atoms with Crippen LogP contribution in [-0.2, 0) is 4.74 Å². The minimum Gasteiger partial charge on any atom is -0.385 e. The maximum atomic E-state index is 5.84. The summed E-state index contributed by atoms with van der Waals surface area (Å²) < 4.78 is 4.93. The molecule has 1 rings (SSSR count). The average molecular weight is 166 g/mol. The summed E-state index contributed by atoms with van der Waals surface area (Å²) >= 11 is 0. The van der Waals surface area contributed by atoms with Gasteiger partial charge in [-0.15, -0.1) is 0 Å². The molecule has 3 nitrogen and oxygen atoms in total. The van der Waals surface area contributed by atoms with Gasteiger partial charge in [-0.25, -0.2) is 0 Å². The first-order valence-electron chi connectivity index (χ1n) is 4.00. The molecule has 1 aromatic rings. The van der Waals surface area contributed by atoms with E-state index in [4.69, 9.17) is 10.5 Å². The van der Waals surface area contributed by atoms with E-state index in [9.17, 15) is 0 Å². The Morgan fingerprint density at radius 1 is 1.58 bits per heavy atom. The normalized spacial score (nSPS) is 12.8. The van der Waals surface area contributed by atoms with Crippen LogP contribution in [0.3, 0.4) is 0 Å². The van der Waals surface area contributed by atoms with Crippen molar-refractivity contribution in [1.82, 2.24) is 4.98 Å². The molecule has 66 valence electrons. The molecule has 0 radical (unpaired) electrons. The zero-order chi connectivity index (χ0) is 8.81. The van der Waals surface area contributed by atoms with Gasteiger partial charge >= 0.3 is 0 Å². The second kappa shape index (κ2) is 4.85. The predicted molar refractivity (Wildman–Crippen MR) is 47.7 cm³/mol. The highest BCUT2D eigenvalue weighted by atomic mass is 16.5. The fourth-order valence-corrected chi connectivity index (χ4v) is 0.988. The van der Waals surface area contributed by atoms with Crippen molar-refractivity contribution in [2.75, 3.05) is 13.7 Å². The van der Waals surface area contributed by atoms with Crippen LogP contribution >= 0.6 is 0 Å². The third-order valence-electron chi connectivity index (χ3n) is 1.70. The smallest absolute Gasteiger partial charge is 0.0571 e. The molecule has 0 spiro atoms. The van der Waals surface area contributed by atoms with Gasteiger partial charge in [0, 0.05) is 26.0 Å². The van der Waals surface area contributed by atoms with Crippen molar-refractivity contribution in [1.29, 1.82) is 0 Å². The van der Waals surface area contributed by atoms with Crippen LogP contribution in [0, 0.1) is 0 Å². The van der Waals surface area contributed by atoms with Crippen LogP contribution in [0.2, 0.25) is 0 Å². The molecule has 0 bridgehead atoms. The van der Waals surface area contributed by atoms with Crippen LogP contribution in [0.5, 0.6) is 0 Å². The summed E-state index contributed by atoms with van der Waals surface area (Å²) in [6, 6.07) is 5.74. The fraction of sp³-hybridized carbons (Fsp3) is 0.444. The SMILES string of the molecule is COCCC(N)c1ccccn1. The van der Waals surface area contributed by atoms with E-state index in [1.807, 2.05) is 18.2 Å². The van der Waals surface area contributed by atoms with E-state index in [-0.39, 0.29) is 6.04 Å². The van der Waals surface area contributed by atoms with E-state index in [0.717, 1.165) is 12.1 Å². The van der Waals surface area contributed by atoms with Crippen molar-refractivity contribution in [2.24, 2.45) is 5.73 Å². The quantitative estimate of drug-likeness (QED) is 0.729. The van der Waals surface area contributed by atoms with Crippen LogP contribution in [0.1, 0.15) is 18.2 Å². The van der Waals surface area contributed by atoms with Crippen molar-refractivity contribution in [3.63, 3.8) is 0 Å². The third kappa shape index (κ3) is 2.60. The molecular weight excluding hydrogens is 152 g/mol. The summed E-state index contributed by atoms with van der Waals surface area (Å²) in [6.07, 6.45) is 2.56. The topological polar surface area (TPSA) is 48.1 Å². The lowest BCUT2D eigenvalue weighted by Gasteiger charge is -2.09. The van der Waals surface area contributed by atoms with Gasteiger partial charge in [-0.3, -0.25) is 4.98 Å². The van der Waals surface area contributed by atoms with Crippen LogP contribution in [-0.4, -0.2) is 18.7 Å². The van der Waals surface area contributed by atoms with Gasteiger partial charge < -0.3 is 10.5 Å². The van der Waals surface area contributed by atoms with E-state index in [1.165, 1.54) is 0 Å². The lowest BCUT2D eigenvalue weighted by atomic mass is 10.1. The summed E-state index contributed by atoms with van der Waals surface area (Å²) in [5, 5.41) is 0. The Labute approximate surface area is 72.6 Å². The number of pyridine rings is 1. The number of rotatable bonds is 4. The predicted octanol–water partition coefficient (Wildman–Crippen LogP) is 1.12. The standard InChI is InChI=1S/C9H14N2O/c1-12-7-5-8(10)9-4-2-3-6-11-9/h2-4,6,8H,5,7,10H2,1H3. The molecule has 1 aromatic heterocycles. The lowest BCUT2D eigenvalue weighted by Crippen LogP contribution is -2.13. The molecule has 0 amide bonds. The summed E-state index contributed by atoms with van der Waals surface area (Å²) in [4.78, 5) is 4.15. The second-order valence-corrected chi connectivity index (χ2v) is 2.64. The molecule has 3 heteroatoms. The summed E-state index contributed by atoms with van der Waals surface area (Å²) in [7, 11) is 1.67. The minimum absolute atomic E-state index is 0.00819. The second-order valence-electron chi connectivity index (χ2n) is 2.64. The molecule has 0 aliphatic heterocycles. The first-order valence-corrected chi connectivity index (χ1v) is 4.00. The Kier molecular flexibility index (Phi) is 3.70. The minimum atomic E-state index is -0.00819. The Balaban J connectivity index is 2.48. The third-order valence-corrected chi connectivity index (χ3v) is 1.70. The van der Waals surface area contributed by atoms with E-state index in [1.54, 1.807) is 13.3 Å². The van der Waals surface area contributed by atoms with Gasteiger partial charge in [0.2, 0.25) is 0 Å². The number of hydrogen-bond donors (Lipinski definition) is 1. The van der Waals surface area contributed by atoms with Gasteiger partial charge in [0.25, 0.3) is 0 Å². The Morgan fingerprint density at radius 2 is 2.42 bits per heavy atom. The molecule has 0 aliphatic carbocycles. The fourth-order valence-electron chi connectivity index (χ4n) is 0.988. The zero-order valence-electron chi connectivity index (χ0n) is 7.23. The highest BCUT2D eigenvalue weighted by Gasteiger charge is 2.04. The van der Waals surface area contributed by atoms with Crippen molar-refractivity contribution >= 4 is 0 Å². The highest BCUT2D eigenvalue weighted by molar-refractivity contribution is 5.07. The molecule has 1 heterocycles. The molecule has 0 fully saturated rings. The number of aromatic nitrogens is 1. The van der Waals surface area contributed by atoms with Crippen molar-refractivity contribution in [3.8, 4) is 0 Å². The van der Waals surface area contributed by atoms with Crippen molar-refractivity contribution < 1.29 is 4.74 Å². The largest absolute Gasteiger partial charge is 0.385 e. The van der Waals surface area contributed by atoms with Crippen molar-refractivity contribution in [2.45, 2.75) is 12.5 Å². The summed E-state index contributed by atoms with van der Waals surface area (Å²) in [5.41, 5.74) is 6.76. The van der Waals surface area contributed by atoms with E-state index in [2.05, 4.69) is 4.98 Å². The average Bonchev–Trinajstić information content (AvgIpc) is 2.15. The summed E-state index contributed by atoms with van der Waals surface area (Å²) in [6.45, 7) is 0.678. The van der Waals surface area contributed by atoms with E-state index in [0.29, 0.717) is 6.61 Å². The van der Waals surface area contributed by atoms with Crippen LogP contribution in [0.15, 0.2) is 24.4 Å². The number of nitrogens with two attached hydrogens (primary N) is 1. The molecule has 12 heavy (non-hydrogen) atoms. The maximum absolute atomic E-state index is 5.84. The molecule has 1 atom stereocenters. The molecule has 0 aromatic carbocycles. The van der Waals surface area contributed by atoms with Gasteiger partial charge in [0.05, 0.1) is 5.69 Å². The number of ether oxygens (including phenoxy) is 1. The first-order chi connectivity index (χ1) is 5.84. The van der Waals surface area contributed by atoms with Gasteiger partial charge in [0.15, 0.2) is 0 Å². The maximum Gasteiger partial charge on any atom is 0.0571 e. The van der Waals surface area contributed by atoms with Gasteiger partial charge in [-0.1, -0.05) is 6.07 Å². The zero-order valence-corrected chi connectivity index (χ0v) is 7.23. The van der Waals surface area contributed by atoms with Crippen LogP contribution < -0.4 is 5.73 Å². The summed E-state index contributed by atoms with van der Waals surface area (Å²) in [5.74, 6) is 0. The Hall–Kier alpha value is -0.930. The molecule has 2 N–H and O–H groups in total. The molecule has 1 unspecified atom stereocenters. The molecule has 0 aliphatic rings. The van der Waals surface area contributed by atoms with Gasteiger partial charge in [0.1, 0.15) is 0 Å². The van der Waals surface area contributed by atoms with Crippen LogP contribution in [0.4, 0.5) is 0 Å². The Bertz CT molecular complexity index is 213. The van der Waals surface area contributed by atoms with Gasteiger partial charge in [-0.2, -0.15) is 0 Å². The van der Waals surface area contributed by atoms with E-state index < -0.39 is 0 Å². The Morgan fingerprint density at radius 3 is 3.00 bits per heavy atom. The van der Waals surface area contributed by atoms with Gasteiger partial charge in [-0.05, 0) is 18.6 Å². The van der Waals surface area contributed by atoms with Crippen molar-refractivity contribution in [3.05, 3.63) is 30.1 Å².